The summed E-state index contributed by atoms with van der Waals surface area (Å²) in [7, 11) is 0. The molecule has 0 atom stereocenters. The summed E-state index contributed by atoms with van der Waals surface area (Å²) in [6.07, 6.45) is -3.65. The summed E-state index contributed by atoms with van der Waals surface area (Å²) in [5.41, 5.74) is 1.41. The van der Waals surface area contributed by atoms with E-state index in [9.17, 15) is 13.6 Å². The fourth-order valence-corrected chi connectivity index (χ4v) is 3.76. The molecule has 2 aliphatic heterocycles. The summed E-state index contributed by atoms with van der Waals surface area (Å²) in [6, 6.07) is 12.1. The number of benzene rings is 2. The van der Waals surface area contributed by atoms with Crippen molar-refractivity contribution in [2.24, 2.45) is 0 Å². The Morgan fingerprint density at radius 3 is 2.88 bits per heavy atom. The van der Waals surface area contributed by atoms with E-state index in [2.05, 4.69) is 14.8 Å². The van der Waals surface area contributed by atoms with Gasteiger partial charge in [0, 0.05) is 28.9 Å². The molecule has 1 N–H and O–H groups in total. The van der Waals surface area contributed by atoms with Crippen molar-refractivity contribution < 1.29 is 23.0 Å². The fourth-order valence-electron chi connectivity index (χ4n) is 2.76. The number of para-hydroxylation sites is 1. The molecule has 0 unspecified atom stereocenters. The number of nitrogens with one attached hydrogen (secondary N) is 1. The van der Waals surface area contributed by atoms with Gasteiger partial charge < -0.3 is 19.7 Å². The third kappa shape index (κ3) is 3.21. The molecule has 0 saturated heterocycles. The fraction of sp³-hybridized carbons (Fsp3) is 0.235. The van der Waals surface area contributed by atoms with Gasteiger partial charge in [-0.1, -0.05) is 12.1 Å². The van der Waals surface area contributed by atoms with E-state index >= 15 is 0 Å². The third-order valence-corrected chi connectivity index (χ3v) is 4.92. The summed E-state index contributed by atoms with van der Waals surface area (Å²) < 4.78 is 34.8. The molecule has 130 valence electrons. The molecule has 0 bridgehead atoms. The van der Waals surface area contributed by atoms with Crippen molar-refractivity contribution in [2.75, 3.05) is 29.1 Å². The maximum absolute atomic E-state index is 13.0. The van der Waals surface area contributed by atoms with Crippen molar-refractivity contribution in [3.8, 4) is 11.5 Å². The van der Waals surface area contributed by atoms with Gasteiger partial charge >= 0.3 is 6.29 Å². The number of carbonyl (C=O) groups excluding carboxylic acids is 1. The molecule has 0 spiro atoms. The zero-order valence-electron chi connectivity index (χ0n) is 13.0. The van der Waals surface area contributed by atoms with Crippen LogP contribution in [0, 0.1) is 0 Å². The standard InChI is InChI=1S/C17H14F2N2O3S/c18-17(19)23-13-6-5-11(9-14(13)24-17)20-10-16(22)21-7-8-25-15-4-2-1-3-12(15)21/h1-6,9,20H,7-8,10H2. The molecule has 2 heterocycles. The zero-order valence-corrected chi connectivity index (χ0v) is 13.8. The van der Waals surface area contributed by atoms with Crippen LogP contribution in [0.1, 0.15) is 0 Å². The minimum Gasteiger partial charge on any atom is -0.395 e. The first kappa shape index (κ1) is 16.0. The van der Waals surface area contributed by atoms with Crippen LogP contribution in [0.25, 0.3) is 0 Å². The van der Waals surface area contributed by atoms with Gasteiger partial charge in [-0.15, -0.1) is 20.5 Å². The van der Waals surface area contributed by atoms with Crippen LogP contribution < -0.4 is 19.7 Å². The summed E-state index contributed by atoms with van der Waals surface area (Å²) in [5.74, 6) is 0.670. The van der Waals surface area contributed by atoms with Gasteiger partial charge in [-0.05, 0) is 24.3 Å². The first-order valence-electron chi connectivity index (χ1n) is 7.68. The second kappa shape index (κ2) is 6.11. The van der Waals surface area contributed by atoms with Crippen molar-refractivity contribution in [2.45, 2.75) is 11.2 Å². The molecule has 25 heavy (non-hydrogen) atoms. The van der Waals surface area contributed by atoms with Crippen molar-refractivity contribution >= 4 is 29.0 Å². The number of thioether (sulfide) groups is 1. The van der Waals surface area contributed by atoms with Crippen LogP contribution in [0.15, 0.2) is 47.4 Å². The Morgan fingerprint density at radius 1 is 1.20 bits per heavy atom. The average Bonchev–Trinajstić information content (AvgIpc) is 2.92. The lowest BCUT2D eigenvalue weighted by Crippen LogP contribution is -2.39. The van der Waals surface area contributed by atoms with Gasteiger partial charge in [0.1, 0.15) is 0 Å². The molecule has 2 aromatic rings. The van der Waals surface area contributed by atoms with Crippen molar-refractivity contribution in [3.05, 3.63) is 42.5 Å². The Morgan fingerprint density at radius 2 is 2.00 bits per heavy atom. The first-order valence-corrected chi connectivity index (χ1v) is 8.66. The van der Waals surface area contributed by atoms with Crippen LogP contribution in [-0.2, 0) is 4.79 Å². The molecule has 0 radical (unpaired) electrons. The van der Waals surface area contributed by atoms with Crippen LogP contribution in [0.5, 0.6) is 11.5 Å². The van der Waals surface area contributed by atoms with Crippen LogP contribution in [0.2, 0.25) is 0 Å². The van der Waals surface area contributed by atoms with E-state index < -0.39 is 6.29 Å². The number of hydrogen-bond acceptors (Lipinski definition) is 5. The zero-order chi connectivity index (χ0) is 17.4. The number of ether oxygens (including phenoxy) is 2. The summed E-state index contributed by atoms with van der Waals surface area (Å²) in [5, 5.41) is 2.95. The second-order valence-corrected chi connectivity index (χ2v) is 6.68. The minimum atomic E-state index is -3.65. The topological polar surface area (TPSA) is 50.8 Å². The first-order chi connectivity index (χ1) is 12.0. The molecule has 0 saturated carbocycles. The maximum atomic E-state index is 13.0. The molecule has 5 nitrogen and oxygen atoms in total. The molecule has 2 aliphatic rings. The van der Waals surface area contributed by atoms with E-state index in [4.69, 9.17) is 0 Å². The van der Waals surface area contributed by atoms with E-state index in [1.165, 1.54) is 12.1 Å². The van der Waals surface area contributed by atoms with E-state index in [0.717, 1.165) is 16.3 Å². The van der Waals surface area contributed by atoms with E-state index in [0.29, 0.717) is 12.2 Å². The molecular formula is C17H14F2N2O3S. The Bertz CT molecular complexity index is 831. The SMILES string of the molecule is O=C(CNc1ccc2c(c1)OC(F)(F)O2)N1CCSc2ccccc21. The number of rotatable bonds is 3. The number of fused-ring (bicyclic) bond motifs is 2. The van der Waals surface area contributed by atoms with Gasteiger partial charge in [-0.2, -0.15) is 0 Å². The smallest absolute Gasteiger partial charge is 0.395 e. The molecule has 1 amide bonds. The number of amides is 1. The molecule has 0 fully saturated rings. The van der Waals surface area contributed by atoms with E-state index in [1.54, 1.807) is 22.7 Å². The van der Waals surface area contributed by atoms with Crippen LogP contribution in [0.3, 0.4) is 0 Å². The Kier molecular flexibility index (Phi) is 3.91. The quantitative estimate of drug-likeness (QED) is 0.903. The third-order valence-electron chi connectivity index (χ3n) is 3.87. The predicted molar refractivity (Wildman–Crippen MR) is 90.7 cm³/mol. The minimum absolute atomic E-state index is 0.0242. The highest BCUT2D eigenvalue weighted by molar-refractivity contribution is 7.99. The van der Waals surface area contributed by atoms with Gasteiger partial charge in [-0.3, -0.25) is 4.79 Å². The van der Waals surface area contributed by atoms with Crippen molar-refractivity contribution in [1.82, 2.24) is 0 Å². The average molecular weight is 364 g/mol. The number of carbonyl (C=O) groups is 1. The van der Waals surface area contributed by atoms with Gasteiger partial charge in [-0.25, -0.2) is 0 Å². The number of alkyl halides is 2. The Balaban J connectivity index is 1.44. The summed E-state index contributed by atoms with van der Waals surface area (Å²) in [4.78, 5) is 15.4. The lowest BCUT2D eigenvalue weighted by atomic mass is 10.2. The summed E-state index contributed by atoms with van der Waals surface area (Å²) in [6.45, 7) is 0.685. The maximum Gasteiger partial charge on any atom is 0.586 e. The van der Waals surface area contributed by atoms with Crippen LogP contribution in [-0.4, -0.2) is 31.0 Å². The van der Waals surface area contributed by atoms with Gasteiger partial charge in [0.15, 0.2) is 11.5 Å². The monoisotopic (exact) mass is 364 g/mol. The molecule has 2 aromatic carbocycles. The molecule has 0 aliphatic carbocycles. The van der Waals surface area contributed by atoms with Gasteiger partial charge in [0.2, 0.25) is 5.91 Å². The van der Waals surface area contributed by atoms with E-state index in [1.807, 2.05) is 24.3 Å². The predicted octanol–water partition coefficient (Wildman–Crippen LogP) is 3.56. The Hall–Kier alpha value is -2.48. The Labute approximate surface area is 146 Å². The number of hydrogen-bond donors (Lipinski definition) is 1. The lowest BCUT2D eigenvalue weighted by molar-refractivity contribution is -0.286. The number of anilines is 2. The summed E-state index contributed by atoms with van der Waals surface area (Å²) >= 11 is 1.72. The normalized spacial score (nSPS) is 17.1. The highest BCUT2D eigenvalue weighted by Gasteiger charge is 2.43. The van der Waals surface area contributed by atoms with Crippen molar-refractivity contribution in [1.29, 1.82) is 0 Å². The van der Waals surface area contributed by atoms with Crippen molar-refractivity contribution in [3.63, 3.8) is 0 Å². The molecule has 8 heteroatoms. The molecule has 4 rings (SSSR count). The second-order valence-electron chi connectivity index (χ2n) is 5.54. The lowest BCUT2D eigenvalue weighted by Gasteiger charge is -2.29. The van der Waals surface area contributed by atoms with Crippen LogP contribution in [0.4, 0.5) is 20.2 Å². The van der Waals surface area contributed by atoms with Gasteiger partial charge in [0.25, 0.3) is 0 Å². The van der Waals surface area contributed by atoms with Crippen LogP contribution >= 0.6 is 11.8 Å². The number of halogens is 2. The largest absolute Gasteiger partial charge is 0.586 e. The van der Waals surface area contributed by atoms with E-state index in [-0.39, 0.29) is 24.0 Å². The molecular weight excluding hydrogens is 350 g/mol. The number of nitrogens with zero attached hydrogens (tertiary/aromatic N) is 1. The molecule has 0 aromatic heterocycles. The highest BCUT2D eigenvalue weighted by atomic mass is 32.2. The highest BCUT2D eigenvalue weighted by Crippen LogP contribution is 2.42. The van der Waals surface area contributed by atoms with Gasteiger partial charge in [0.05, 0.1) is 12.2 Å².